The minimum Gasteiger partial charge on any atom is -0.310 e. The lowest BCUT2D eigenvalue weighted by Crippen LogP contribution is -2.10. The van der Waals surface area contributed by atoms with Gasteiger partial charge in [0.05, 0.1) is 33.4 Å². The zero-order valence-corrected chi connectivity index (χ0v) is 35.6. The van der Waals surface area contributed by atoms with Gasteiger partial charge in [-0.1, -0.05) is 152 Å². The number of fused-ring (bicyclic) bond motifs is 9. The molecule has 3 nitrogen and oxygen atoms in total. The predicted octanol–water partition coefficient (Wildman–Crippen LogP) is 17.1. The molecule has 300 valence electrons. The molecule has 0 unspecified atom stereocenters. The summed E-state index contributed by atoms with van der Waals surface area (Å²) in [6.07, 6.45) is 0. The van der Waals surface area contributed by atoms with E-state index in [0.717, 1.165) is 39.6 Å². The van der Waals surface area contributed by atoms with Crippen LogP contribution in [0.2, 0.25) is 0 Å². The Hall–Kier alpha value is -8.18. The Morgan fingerprint density at radius 1 is 0.281 bits per heavy atom. The molecule has 0 atom stereocenters. The Morgan fingerprint density at radius 3 is 1.11 bits per heavy atom. The lowest BCUT2D eigenvalue weighted by molar-refractivity contribution is 1.18. The first kappa shape index (κ1) is 36.5. The smallest absolute Gasteiger partial charge is 0.0541 e. The minimum absolute atomic E-state index is 1.09. The highest BCUT2D eigenvalue weighted by Gasteiger charge is 2.20. The average molecular weight is 834 g/mol. The summed E-state index contributed by atoms with van der Waals surface area (Å²) in [6.45, 7) is 0. The van der Waals surface area contributed by atoms with Gasteiger partial charge in [-0.25, -0.2) is 0 Å². The number of thiophene rings is 1. The number of aromatic nitrogens is 2. The highest BCUT2D eigenvalue weighted by atomic mass is 32.1. The normalized spacial score (nSPS) is 11.8. The van der Waals surface area contributed by atoms with Gasteiger partial charge in [-0.05, 0) is 96.1 Å². The fraction of sp³-hybridized carbons (Fsp3) is 0. The summed E-state index contributed by atoms with van der Waals surface area (Å²) in [6, 6.07) is 86.4. The van der Waals surface area contributed by atoms with Gasteiger partial charge in [0.15, 0.2) is 0 Å². The quantitative estimate of drug-likeness (QED) is 0.156. The summed E-state index contributed by atoms with van der Waals surface area (Å²) >= 11 is 1.85. The maximum atomic E-state index is 2.42. The maximum Gasteiger partial charge on any atom is 0.0541 e. The zero-order valence-electron chi connectivity index (χ0n) is 34.8. The van der Waals surface area contributed by atoms with E-state index in [1.807, 2.05) is 11.3 Å². The van der Waals surface area contributed by atoms with E-state index in [0.29, 0.717) is 0 Å². The fourth-order valence-corrected chi connectivity index (χ4v) is 11.2. The number of para-hydroxylation sites is 6. The summed E-state index contributed by atoms with van der Waals surface area (Å²) in [7, 11) is 0. The molecule has 0 spiro atoms. The molecule has 3 heterocycles. The maximum absolute atomic E-state index is 2.42. The van der Waals surface area contributed by atoms with Gasteiger partial charge in [0.2, 0.25) is 0 Å². The van der Waals surface area contributed by atoms with Crippen LogP contribution in [0.3, 0.4) is 0 Å². The topological polar surface area (TPSA) is 13.1 Å². The van der Waals surface area contributed by atoms with Crippen molar-refractivity contribution < 1.29 is 0 Å². The highest BCUT2D eigenvalue weighted by Crippen LogP contribution is 2.43. The Balaban J connectivity index is 0.937. The summed E-state index contributed by atoms with van der Waals surface area (Å²) in [5.41, 5.74) is 15.1. The molecule has 0 amide bonds. The van der Waals surface area contributed by atoms with Crippen LogP contribution in [0.4, 0.5) is 17.1 Å². The van der Waals surface area contributed by atoms with Crippen LogP contribution in [0, 0.1) is 0 Å². The first-order valence-electron chi connectivity index (χ1n) is 21.8. The van der Waals surface area contributed by atoms with Crippen LogP contribution in [0.15, 0.2) is 237 Å². The molecule has 0 aliphatic heterocycles. The molecule has 0 saturated heterocycles. The number of benzene rings is 10. The zero-order chi connectivity index (χ0) is 42.1. The van der Waals surface area contributed by atoms with E-state index >= 15 is 0 Å². The third kappa shape index (κ3) is 5.73. The van der Waals surface area contributed by atoms with Gasteiger partial charge in [0.1, 0.15) is 0 Å². The Kier molecular flexibility index (Phi) is 8.40. The van der Waals surface area contributed by atoms with Crippen molar-refractivity contribution in [1.82, 2.24) is 9.13 Å². The van der Waals surface area contributed by atoms with Crippen LogP contribution >= 0.6 is 11.3 Å². The van der Waals surface area contributed by atoms with E-state index in [2.05, 4.69) is 251 Å². The van der Waals surface area contributed by atoms with Gasteiger partial charge in [-0.3, -0.25) is 0 Å². The SMILES string of the molecule is c1ccc(-n2c3ccccc3c3ccccc32)c(-c2ccc(N(c3ccc(-c4ccccc4-n4c5ccccc5c5ccccc54)cc3)c3ccc4sc5ccccc5c4c3)cc2)c1. The number of anilines is 3. The molecule has 0 radical (unpaired) electrons. The largest absolute Gasteiger partial charge is 0.310 e. The summed E-state index contributed by atoms with van der Waals surface area (Å²) < 4.78 is 7.43. The second-order valence-corrected chi connectivity index (χ2v) is 17.6. The van der Waals surface area contributed by atoms with E-state index < -0.39 is 0 Å². The van der Waals surface area contributed by atoms with Gasteiger partial charge in [0, 0.05) is 69.9 Å². The molecule has 10 aromatic carbocycles. The van der Waals surface area contributed by atoms with Gasteiger partial charge >= 0.3 is 0 Å². The lowest BCUT2D eigenvalue weighted by Gasteiger charge is -2.26. The number of hydrogen-bond donors (Lipinski definition) is 0. The summed E-state index contributed by atoms with van der Waals surface area (Å²) in [5, 5.41) is 7.60. The van der Waals surface area contributed by atoms with Crippen molar-refractivity contribution in [3.8, 4) is 33.6 Å². The monoisotopic (exact) mass is 833 g/mol. The van der Waals surface area contributed by atoms with Crippen LogP contribution in [-0.2, 0) is 0 Å². The Labute approximate surface area is 374 Å². The average Bonchev–Trinajstić information content (AvgIpc) is 4.02. The van der Waals surface area contributed by atoms with Crippen LogP contribution in [-0.4, -0.2) is 9.13 Å². The van der Waals surface area contributed by atoms with Crippen LogP contribution < -0.4 is 4.90 Å². The van der Waals surface area contributed by atoms with Crippen molar-refractivity contribution in [1.29, 1.82) is 0 Å². The third-order valence-electron chi connectivity index (χ3n) is 12.9. The third-order valence-corrected chi connectivity index (χ3v) is 14.1. The number of rotatable bonds is 7. The van der Waals surface area contributed by atoms with Crippen molar-refractivity contribution in [2.75, 3.05) is 4.90 Å². The molecule has 0 bridgehead atoms. The molecule has 0 N–H and O–H groups in total. The molecule has 0 aliphatic carbocycles. The predicted molar refractivity (Wildman–Crippen MR) is 274 cm³/mol. The fourth-order valence-electron chi connectivity index (χ4n) is 10.1. The summed E-state index contributed by atoms with van der Waals surface area (Å²) in [4.78, 5) is 2.40. The molecular weight excluding hydrogens is 795 g/mol. The molecule has 0 aliphatic rings. The van der Waals surface area contributed by atoms with Crippen molar-refractivity contribution in [3.05, 3.63) is 237 Å². The van der Waals surface area contributed by atoms with Crippen LogP contribution in [0.5, 0.6) is 0 Å². The van der Waals surface area contributed by atoms with E-state index in [9.17, 15) is 0 Å². The molecule has 0 saturated carbocycles. The molecule has 4 heteroatoms. The second-order valence-electron chi connectivity index (χ2n) is 16.5. The molecule has 64 heavy (non-hydrogen) atoms. The standard InChI is InChI=1S/C60H39N3S/c1-8-22-53(62-55-24-10-3-17-47(55)48-18-4-11-25-56(48)62)45(15-1)40-29-33-42(34-30-40)61(44-37-38-60-52(39-44)51-21-7-14-28-59(51)64-60)43-35-31-41(32-36-43)46-16-2-9-23-54(46)63-57-26-12-5-19-49(57)50-20-6-13-27-58(50)63/h1-39H. The Morgan fingerprint density at radius 2 is 0.641 bits per heavy atom. The second kappa shape index (κ2) is 14.7. The molecular formula is C60H39N3S. The lowest BCUT2D eigenvalue weighted by atomic mass is 10.0. The highest BCUT2D eigenvalue weighted by molar-refractivity contribution is 7.25. The summed E-state index contributed by atoms with van der Waals surface area (Å²) in [5.74, 6) is 0. The van der Waals surface area contributed by atoms with Crippen molar-refractivity contribution in [3.63, 3.8) is 0 Å². The molecule has 13 rings (SSSR count). The van der Waals surface area contributed by atoms with Gasteiger partial charge in [-0.2, -0.15) is 0 Å². The molecule has 3 aromatic heterocycles. The van der Waals surface area contributed by atoms with Crippen LogP contribution in [0.25, 0.3) is 97.4 Å². The molecule has 0 fully saturated rings. The van der Waals surface area contributed by atoms with E-state index in [4.69, 9.17) is 0 Å². The first-order valence-corrected chi connectivity index (χ1v) is 22.7. The van der Waals surface area contributed by atoms with Gasteiger partial charge in [0.25, 0.3) is 0 Å². The van der Waals surface area contributed by atoms with Crippen LogP contribution in [0.1, 0.15) is 0 Å². The van der Waals surface area contributed by atoms with E-state index in [-0.39, 0.29) is 0 Å². The van der Waals surface area contributed by atoms with Crippen molar-refractivity contribution in [2.24, 2.45) is 0 Å². The van der Waals surface area contributed by atoms with Crippen molar-refractivity contribution in [2.45, 2.75) is 0 Å². The van der Waals surface area contributed by atoms with E-state index in [1.54, 1.807) is 0 Å². The van der Waals surface area contributed by atoms with Crippen molar-refractivity contribution >= 4 is 92.2 Å². The van der Waals surface area contributed by atoms with E-state index in [1.165, 1.54) is 74.9 Å². The molecule has 13 aromatic rings. The number of nitrogens with zero attached hydrogens (tertiary/aromatic N) is 3. The first-order chi connectivity index (χ1) is 31.8. The number of hydrogen-bond acceptors (Lipinski definition) is 2. The Bertz CT molecular complexity index is 3600. The van der Waals surface area contributed by atoms with Gasteiger partial charge < -0.3 is 14.0 Å². The minimum atomic E-state index is 1.09. The van der Waals surface area contributed by atoms with Gasteiger partial charge in [-0.15, -0.1) is 11.3 Å².